The number of benzene rings is 1. The highest BCUT2D eigenvalue weighted by Gasteiger charge is 2.32. The molecule has 1 atom stereocenters. The lowest BCUT2D eigenvalue weighted by atomic mass is 10.1. The Bertz CT molecular complexity index is 699. The number of halogens is 2. The normalized spacial score (nSPS) is 12.3. The van der Waals surface area contributed by atoms with Gasteiger partial charge in [0.1, 0.15) is 0 Å². The smallest absolute Gasteiger partial charge is 0.382 e. The summed E-state index contributed by atoms with van der Waals surface area (Å²) in [5.74, 6) is -3.04. The molecule has 0 bridgehead atoms. The van der Waals surface area contributed by atoms with Gasteiger partial charge in [-0.3, -0.25) is 10.1 Å². The number of carbonyl (C=O) groups excluding carboxylic acids is 1. The monoisotopic (exact) mass is 298 g/mol. The van der Waals surface area contributed by atoms with Gasteiger partial charge in [0.05, 0.1) is 13.0 Å². The predicted octanol–water partition coefficient (Wildman–Crippen LogP) is 2.20. The summed E-state index contributed by atoms with van der Waals surface area (Å²) in [6.45, 7) is 1.57. The van der Waals surface area contributed by atoms with Crippen molar-refractivity contribution in [1.82, 2.24) is 4.98 Å². The van der Waals surface area contributed by atoms with Crippen molar-refractivity contribution in [1.29, 1.82) is 0 Å². The average Bonchev–Trinajstić information content (AvgIpc) is 2.78. The highest BCUT2D eigenvalue weighted by molar-refractivity contribution is 5.84. The zero-order chi connectivity index (χ0) is 15.6. The van der Waals surface area contributed by atoms with Gasteiger partial charge in [0, 0.05) is 28.1 Å². The molecule has 0 aliphatic heterocycles. The maximum Gasteiger partial charge on any atom is 0.382 e. The minimum Gasteiger partial charge on any atom is -0.461 e. The SMILES string of the molecule is CCOC(=O)C(Cc1c[nH]c2cc(F)c(F)cc12)[N+](=O)[O-]. The molecule has 1 heterocycles. The second-order valence-electron chi connectivity index (χ2n) is 4.38. The molecule has 0 fully saturated rings. The number of nitrogens with zero attached hydrogens (tertiary/aromatic N) is 1. The van der Waals surface area contributed by atoms with Crippen molar-refractivity contribution in [3.8, 4) is 0 Å². The molecule has 112 valence electrons. The molecule has 1 N–H and O–H groups in total. The van der Waals surface area contributed by atoms with Crippen molar-refractivity contribution in [2.24, 2.45) is 0 Å². The molecular weight excluding hydrogens is 286 g/mol. The Hall–Kier alpha value is -2.51. The molecule has 8 heteroatoms. The molecule has 0 aliphatic carbocycles. The summed E-state index contributed by atoms with van der Waals surface area (Å²) >= 11 is 0. The quantitative estimate of drug-likeness (QED) is 0.521. The number of hydrogen-bond acceptors (Lipinski definition) is 4. The summed E-state index contributed by atoms with van der Waals surface area (Å²) in [4.78, 5) is 24.5. The van der Waals surface area contributed by atoms with Gasteiger partial charge in [0.2, 0.25) is 0 Å². The number of aromatic nitrogens is 1. The fraction of sp³-hybridized carbons (Fsp3) is 0.308. The number of carbonyl (C=O) groups is 1. The molecule has 2 aromatic rings. The van der Waals surface area contributed by atoms with Crippen LogP contribution < -0.4 is 0 Å². The topological polar surface area (TPSA) is 85.2 Å². The Balaban J connectivity index is 2.35. The number of aromatic amines is 1. The number of nitro groups is 1. The van der Waals surface area contributed by atoms with Gasteiger partial charge in [0.25, 0.3) is 0 Å². The molecular formula is C13H12F2N2O4. The zero-order valence-electron chi connectivity index (χ0n) is 11.1. The van der Waals surface area contributed by atoms with Crippen molar-refractivity contribution < 1.29 is 23.2 Å². The zero-order valence-corrected chi connectivity index (χ0v) is 11.1. The number of hydrogen-bond donors (Lipinski definition) is 1. The van der Waals surface area contributed by atoms with Crippen LogP contribution in [0.15, 0.2) is 18.3 Å². The number of rotatable bonds is 5. The van der Waals surface area contributed by atoms with E-state index in [4.69, 9.17) is 0 Å². The molecule has 0 aliphatic rings. The van der Waals surface area contributed by atoms with Crippen molar-refractivity contribution in [2.75, 3.05) is 6.61 Å². The van der Waals surface area contributed by atoms with Crippen LogP contribution in [0.5, 0.6) is 0 Å². The number of H-pyrrole nitrogens is 1. The van der Waals surface area contributed by atoms with Crippen molar-refractivity contribution >= 4 is 16.9 Å². The summed E-state index contributed by atoms with van der Waals surface area (Å²) in [7, 11) is 0. The molecule has 0 saturated carbocycles. The van der Waals surface area contributed by atoms with E-state index in [2.05, 4.69) is 9.72 Å². The Morgan fingerprint density at radius 3 is 2.71 bits per heavy atom. The average molecular weight is 298 g/mol. The van der Waals surface area contributed by atoms with E-state index in [-0.39, 0.29) is 13.0 Å². The fourth-order valence-electron chi connectivity index (χ4n) is 2.03. The van der Waals surface area contributed by atoms with E-state index >= 15 is 0 Å². The summed E-state index contributed by atoms with van der Waals surface area (Å²) in [5.41, 5.74) is 0.647. The second-order valence-corrected chi connectivity index (χ2v) is 4.38. The van der Waals surface area contributed by atoms with Gasteiger partial charge < -0.3 is 9.72 Å². The molecule has 6 nitrogen and oxygen atoms in total. The Kier molecular flexibility index (Phi) is 4.15. The van der Waals surface area contributed by atoms with Crippen LogP contribution in [0.2, 0.25) is 0 Å². The molecule has 2 rings (SSSR count). The minimum absolute atomic E-state index is 0.0247. The third-order valence-corrected chi connectivity index (χ3v) is 3.03. The van der Waals surface area contributed by atoms with Gasteiger partial charge in [-0.2, -0.15) is 0 Å². The third-order valence-electron chi connectivity index (χ3n) is 3.03. The predicted molar refractivity (Wildman–Crippen MR) is 69.3 cm³/mol. The molecule has 21 heavy (non-hydrogen) atoms. The van der Waals surface area contributed by atoms with Crippen LogP contribution in [-0.4, -0.2) is 28.5 Å². The van der Waals surface area contributed by atoms with E-state index in [0.717, 1.165) is 12.1 Å². The highest BCUT2D eigenvalue weighted by Crippen LogP contribution is 2.23. The van der Waals surface area contributed by atoms with Crippen LogP contribution in [0.4, 0.5) is 8.78 Å². The molecule has 1 aromatic heterocycles. The second kappa shape index (κ2) is 5.86. The van der Waals surface area contributed by atoms with Gasteiger partial charge in [-0.15, -0.1) is 0 Å². The molecule has 0 amide bonds. The third kappa shape index (κ3) is 2.99. The van der Waals surface area contributed by atoms with E-state index in [1.54, 1.807) is 6.92 Å². The van der Waals surface area contributed by atoms with Crippen molar-refractivity contribution in [3.63, 3.8) is 0 Å². The minimum atomic E-state index is -1.59. The van der Waals surface area contributed by atoms with Crippen LogP contribution in [0.1, 0.15) is 12.5 Å². The lowest BCUT2D eigenvalue weighted by Gasteiger charge is -2.08. The molecule has 0 radical (unpaired) electrons. The van der Waals surface area contributed by atoms with E-state index in [1.165, 1.54) is 6.20 Å². The van der Waals surface area contributed by atoms with E-state index < -0.39 is 28.6 Å². The number of nitrogens with one attached hydrogen (secondary N) is 1. The Labute approximate surface area is 117 Å². The van der Waals surface area contributed by atoms with Crippen LogP contribution in [-0.2, 0) is 16.0 Å². The molecule has 0 saturated heterocycles. The lowest BCUT2D eigenvalue weighted by molar-refractivity contribution is -0.510. The molecule has 1 aromatic carbocycles. The first-order chi connectivity index (χ1) is 9.93. The summed E-state index contributed by atoms with van der Waals surface area (Å²) in [6, 6.07) is 0.315. The number of fused-ring (bicyclic) bond motifs is 1. The first-order valence-corrected chi connectivity index (χ1v) is 6.19. The van der Waals surface area contributed by atoms with Crippen LogP contribution in [0.25, 0.3) is 10.9 Å². The molecule has 0 spiro atoms. The van der Waals surface area contributed by atoms with Gasteiger partial charge >= 0.3 is 12.0 Å². The summed E-state index contributed by atoms with van der Waals surface area (Å²) in [5, 5.41) is 11.3. The first kappa shape index (κ1) is 14.9. The summed E-state index contributed by atoms with van der Waals surface area (Å²) < 4.78 is 31.0. The fourth-order valence-corrected chi connectivity index (χ4v) is 2.03. The summed E-state index contributed by atoms with van der Waals surface area (Å²) in [6.07, 6.45) is 1.12. The maximum absolute atomic E-state index is 13.3. The van der Waals surface area contributed by atoms with Gasteiger partial charge in [-0.1, -0.05) is 0 Å². The van der Waals surface area contributed by atoms with Gasteiger partial charge in [0.15, 0.2) is 11.6 Å². The first-order valence-electron chi connectivity index (χ1n) is 6.19. The lowest BCUT2D eigenvalue weighted by Crippen LogP contribution is -2.33. The van der Waals surface area contributed by atoms with Gasteiger partial charge in [-0.25, -0.2) is 13.6 Å². The van der Waals surface area contributed by atoms with Crippen LogP contribution in [0, 0.1) is 21.7 Å². The van der Waals surface area contributed by atoms with Crippen LogP contribution in [0.3, 0.4) is 0 Å². The van der Waals surface area contributed by atoms with Crippen molar-refractivity contribution in [2.45, 2.75) is 19.4 Å². The van der Waals surface area contributed by atoms with E-state index in [1.807, 2.05) is 0 Å². The molecule has 1 unspecified atom stereocenters. The van der Waals surface area contributed by atoms with E-state index in [0.29, 0.717) is 16.5 Å². The largest absolute Gasteiger partial charge is 0.461 e. The van der Waals surface area contributed by atoms with E-state index in [9.17, 15) is 23.7 Å². The highest BCUT2D eigenvalue weighted by atomic mass is 19.2. The Morgan fingerprint density at radius 2 is 2.10 bits per heavy atom. The van der Waals surface area contributed by atoms with Crippen molar-refractivity contribution in [3.05, 3.63) is 45.6 Å². The maximum atomic E-state index is 13.3. The number of esters is 1. The Morgan fingerprint density at radius 1 is 1.43 bits per heavy atom. The standard InChI is InChI=1S/C13H12F2N2O4/c1-2-21-13(18)12(17(19)20)3-7-6-16-11-5-10(15)9(14)4-8(7)11/h4-6,12,16H,2-3H2,1H3. The van der Waals surface area contributed by atoms with Gasteiger partial charge in [-0.05, 0) is 18.6 Å². The number of ether oxygens (including phenoxy) is 1. The van der Waals surface area contributed by atoms with Crippen LogP contribution >= 0.6 is 0 Å².